The molecule has 3 rings (SSSR count). The van der Waals surface area contributed by atoms with Crippen LogP contribution in [0.15, 0.2) is 48.8 Å². The molecule has 18 heavy (non-hydrogen) atoms. The lowest BCUT2D eigenvalue weighted by Gasteiger charge is -2.10. The molecule has 0 aliphatic carbocycles. The number of rotatable bonds is 3. The van der Waals surface area contributed by atoms with Gasteiger partial charge in [0.05, 0.1) is 11.7 Å². The largest absolute Gasteiger partial charge is 0.345 e. The van der Waals surface area contributed by atoms with E-state index in [2.05, 4.69) is 20.4 Å². The molecule has 0 fully saturated rings. The average Bonchev–Trinajstić information content (AvgIpc) is 2.82. The quantitative estimate of drug-likeness (QED) is 0.762. The van der Waals surface area contributed by atoms with Crippen LogP contribution in [-0.2, 0) is 0 Å². The number of aromatic nitrogens is 4. The van der Waals surface area contributed by atoms with Gasteiger partial charge in [0.2, 0.25) is 5.95 Å². The molecule has 0 aliphatic heterocycles. The first kappa shape index (κ1) is 10.7. The van der Waals surface area contributed by atoms with Gasteiger partial charge in [0, 0.05) is 12.4 Å². The zero-order valence-corrected chi connectivity index (χ0v) is 9.99. The Bertz CT molecular complexity index is 614. The van der Waals surface area contributed by atoms with E-state index in [-0.39, 0.29) is 6.04 Å². The van der Waals surface area contributed by atoms with E-state index in [4.69, 9.17) is 0 Å². The Labute approximate surface area is 105 Å². The van der Waals surface area contributed by atoms with Crippen molar-refractivity contribution in [3.63, 3.8) is 0 Å². The average molecular weight is 239 g/mol. The third-order valence-electron chi connectivity index (χ3n) is 2.72. The minimum Gasteiger partial charge on any atom is -0.345 e. The molecule has 0 saturated heterocycles. The summed E-state index contributed by atoms with van der Waals surface area (Å²) in [7, 11) is 0. The summed E-state index contributed by atoms with van der Waals surface area (Å²) in [6, 6.07) is 11.7. The Balaban J connectivity index is 1.84. The Hall–Kier alpha value is -2.43. The second-order valence-electron chi connectivity index (χ2n) is 4.06. The van der Waals surface area contributed by atoms with Crippen LogP contribution in [0.5, 0.6) is 0 Å². The van der Waals surface area contributed by atoms with Gasteiger partial charge in [-0.15, -0.1) is 5.10 Å². The first-order valence-electron chi connectivity index (χ1n) is 5.82. The van der Waals surface area contributed by atoms with Gasteiger partial charge in [0.15, 0.2) is 5.65 Å². The molecule has 5 heteroatoms. The molecular formula is C13H13N5. The van der Waals surface area contributed by atoms with E-state index >= 15 is 0 Å². The predicted octanol–water partition coefficient (Wildman–Crippen LogP) is 2.30. The molecule has 0 bridgehead atoms. The van der Waals surface area contributed by atoms with Gasteiger partial charge in [0.25, 0.3) is 0 Å². The van der Waals surface area contributed by atoms with Crippen molar-refractivity contribution in [3.05, 3.63) is 54.5 Å². The third kappa shape index (κ3) is 2.02. The topological polar surface area (TPSA) is 55.1 Å². The van der Waals surface area contributed by atoms with Crippen molar-refractivity contribution in [1.29, 1.82) is 0 Å². The first-order valence-corrected chi connectivity index (χ1v) is 5.82. The van der Waals surface area contributed by atoms with Gasteiger partial charge >= 0.3 is 0 Å². The fraction of sp³-hybridized carbons (Fsp3) is 0.154. The summed E-state index contributed by atoms with van der Waals surface area (Å²) in [6.07, 6.45) is 3.66. The van der Waals surface area contributed by atoms with E-state index in [1.54, 1.807) is 10.7 Å². The Kier molecular flexibility index (Phi) is 2.64. The minimum absolute atomic E-state index is 0.0728. The molecule has 0 aliphatic rings. The molecule has 0 radical (unpaired) electrons. The minimum atomic E-state index is 0.0728. The molecule has 3 aromatic heterocycles. The first-order chi connectivity index (χ1) is 8.83. The zero-order valence-electron chi connectivity index (χ0n) is 9.99. The smallest absolute Gasteiger partial charge is 0.243 e. The second-order valence-corrected chi connectivity index (χ2v) is 4.06. The number of nitrogens with one attached hydrogen (secondary N) is 1. The monoisotopic (exact) mass is 239 g/mol. The normalized spacial score (nSPS) is 12.5. The summed E-state index contributed by atoms with van der Waals surface area (Å²) in [5.41, 5.74) is 1.80. The van der Waals surface area contributed by atoms with Crippen molar-refractivity contribution in [2.75, 3.05) is 5.32 Å². The highest BCUT2D eigenvalue weighted by Crippen LogP contribution is 2.14. The van der Waals surface area contributed by atoms with Crippen molar-refractivity contribution < 1.29 is 0 Å². The molecule has 0 amide bonds. The Morgan fingerprint density at radius 2 is 2.06 bits per heavy atom. The highest BCUT2D eigenvalue weighted by Gasteiger charge is 2.09. The molecule has 3 heterocycles. The van der Waals surface area contributed by atoms with Crippen LogP contribution < -0.4 is 5.32 Å². The Morgan fingerprint density at radius 3 is 2.83 bits per heavy atom. The number of fused-ring (bicyclic) bond motifs is 1. The van der Waals surface area contributed by atoms with Gasteiger partial charge < -0.3 is 5.32 Å². The number of hydrogen-bond acceptors (Lipinski definition) is 4. The fourth-order valence-corrected chi connectivity index (χ4v) is 1.79. The van der Waals surface area contributed by atoms with Gasteiger partial charge in [-0.3, -0.25) is 4.98 Å². The molecular weight excluding hydrogens is 226 g/mol. The maximum absolute atomic E-state index is 4.39. The highest BCUT2D eigenvalue weighted by atomic mass is 15.3. The van der Waals surface area contributed by atoms with Crippen molar-refractivity contribution in [1.82, 2.24) is 19.6 Å². The van der Waals surface area contributed by atoms with Gasteiger partial charge in [-0.25, -0.2) is 4.52 Å². The van der Waals surface area contributed by atoms with E-state index in [1.807, 2.05) is 49.5 Å². The fourth-order valence-electron chi connectivity index (χ4n) is 1.79. The summed E-state index contributed by atoms with van der Waals surface area (Å²) in [5.74, 6) is 0.611. The van der Waals surface area contributed by atoms with Gasteiger partial charge in [-0.2, -0.15) is 4.98 Å². The summed E-state index contributed by atoms with van der Waals surface area (Å²) >= 11 is 0. The van der Waals surface area contributed by atoms with E-state index in [1.165, 1.54) is 0 Å². The van der Waals surface area contributed by atoms with Crippen molar-refractivity contribution in [2.24, 2.45) is 0 Å². The van der Waals surface area contributed by atoms with Crippen LogP contribution >= 0.6 is 0 Å². The number of nitrogens with zero attached hydrogens (tertiary/aromatic N) is 4. The van der Waals surface area contributed by atoms with Crippen molar-refractivity contribution in [2.45, 2.75) is 13.0 Å². The third-order valence-corrected chi connectivity index (χ3v) is 2.72. The van der Waals surface area contributed by atoms with E-state index in [0.29, 0.717) is 5.95 Å². The van der Waals surface area contributed by atoms with Gasteiger partial charge in [0.1, 0.15) is 0 Å². The van der Waals surface area contributed by atoms with Gasteiger partial charge in [-0.1, -0.05) is 12.1 Å². The molecule has 5 nitrogen and oxygen atoms in total. The van der Waals surface area contributed by atoms with Crippen LogP contribution in [0.4, 0.5) is 5.95 Å². The maximum atomic E-state index is 4.39. The second kappa shape index (κ2) is 4.44. The lowest BCUT2D eigenvalue weighted by molar-refractivity contribution is 0.818. The van der Waals surface area contributed by atoms with Crippen LogP contribution in [-0.4, -0.2) is 19.6 Å². The molecule has 0 spiro atoms. The standard InChI is InChI=1S/C13H13N5/c1-10(11-6-2-4-8-14-11)15-13-16-12-7-3-5-9-18(12)17-13/h2-10H,1H3,(H,15,17). The maximum Gasteiger partial charge on any atom is 0.243 e. The summed E-state index contributed by atoms with van der Waals surface area (Å²) in [5, 5.41) is 7.59. The predicted molar refractivity (Wildman–Crippen MR) is 69.3 cm³/mol. The zero-order chi connectivity index (χ0) is 12.4. The SMILES string of the molecule is CC(Nc1nc2ccccn2n1)c1ccccn1. The molecule has 0 aromatic carbocycles. The van der Waals surface area contributed by atoms with Crippen LogP contribution in [0.25, 0.3) is 5.65 Å². The molecule has 0 saturated carbocycles. The lowest BCUT2D eigenvalue weighted by atomic mass is 10.2. The van der Waals surface area contributed by atoms with Crippen molar-refractivity contribution >= 4 is 11.6 Å². The summed E-state index contributed by atoms with van der Waals surface area (Å²) in [6.45, 7) is 2.04. The van der Waals surface area contributed by atoms with Crippen molar-refractivity contribution in [3.8, 4) is 0 Å². The summed E-state index contributed by atoms with van der Waals surface area (Å²) < 4.78 is 1.74. The van der Waals surface area contributed by atoms with E-state index < -0.39 is 0 Å². The van der Waals surface area contributed by atoms with Crippen LogP contribution in [0.3, 0.4) is 0 Å². The van der Waals surface area contributed by atoms with Crippen LogP contribution in [0.1, 0.15) is 18.7 Å². The van der Waals surface area contributed by atoms with Gasteiger partial charge in [-0.05, 0) is 31.2 Å². The molecule has 1 unspecified atom stereocenters. The number of anilines is 1. The lowest BCUT2D eigenvalue weighted by Crippen LogP contribution is -2.09. The number of hydrogen-bond donors (Lipinski definition) is 1. The molecule has 1 N–H and O–H groups in total. The number of pyridine rings is 2. The Morgan fingerprint density at radius 1 is 1.17 bits per heavy atom. The summed E-state index contributed by atoms with van der Waals surface area (Å²) in [4.78, 5) is 8.70. The highest BCUT2D eigenvalue weighted by molar-refractivity contribution is 5.43. The van der Waals surface area contributed by atoms with Crippen LogP contribution in [0, 0.1) is 0 Å². The van der Waals surface area contributed by atoms with Crippen LogP contribution in [0.2, 0.25) is 0 Å². The van der Waals surface area contributed by atoms with E-state index in [9.17, 15) is 0 Å². The molecule has 90 valence electrons. The molecule has 3 aromatic rings. The molecule has 1 atom stereocenters. The van der Waals surface area contributed by atoms with E-state index in [0.717, 1.165) is 11.3 Å².